The maximum Gasteiger partial charge on any atom is 0.262 e. The van der Waals surface area contributed by atoms with E-state index >= 15 is 0 Å². The lowest BCUT2D eigenvalue weighted by atomic mass is 10.1. The first-order valence-electron chi connectivity index (χ1n) is 8.36. The maximum absolute atomic E-state index is 13.1. The van der Waals surface area contributed by atoms with Crippen LogP contribution in [0.5, 0.6) is 0 Å². The molecule has 0 saturated heterocycles. The average molecular weight is 358 g/mol. The number of anilines is 1. The second-order valence-electron chi connectivity index (χ2n) is 6.02. The molecule has 26 heavy (non-hydrogen) atoms. The number of hydrogen-bond acceptors (Lipinski definition) is 1. The van der Waals surface area contributed by atoms with Gasteiger partial charge in [0.1, 0.15) is 0 Å². The number of hydrogen-bond donors (Lipinski definition) is 0. The molecular weight excluding hydrogens is 342 g/mol. The van der Waals surface area contributed by atoms with Gasteiger partial charge in [-0.15, -0.1) is 0 Å². The van der Waals surface area contributed by atoms with E-state index in [2.05, 4.69) is 0 Å². The van der Waals surface area contributed by atoms with Gasteiger partial charge in [-0.1, -0.05) is 72.3 Å². The third-order valence-electron chi connectivity index (χ3n) is 4.26. The van der Waals surface area contributed by atoms with Crippen molar-refractivity contribution in [2.24, 2.45) is 0 Å². The number of halogens is 1. The van der Waals surface area contributed by atoms with Crippen molar-refractivity contribution in [1.82, 2.24) is 0 Å². The molecule has 0 unspecified atom stereocenters. The number of nitrogens with zero attached hydrogens (tertiary/aromatic N) is 1. The van der Waals surface area contributed by atoms with Gasteiger partial charge in [0.15, 0.2) is 0 Å². The molecule has 3 aromatic carbocycles. The fraction of sp³-hybridized carbons (Fsp3) is 0. The molecule has 126 valence electrons. The summed E-state index contributed by atoms with van der Waals surface area (Å²) in [6.07, 6.45) is 3.84. The SMILES string of the molecule is O=C1/C(=C/c2ccc(Cl)cc2)C=C(c2ccccc2)N1c1ccccc1. The number of carbonyl (C=O) groups is 1. The van der Waals surface area contributed by atoms with Crippen molar-refractivity contribution in [1.29, 1.82) is 0 Å². The molecule has 0 saturated carbocycles. The first kappa shape index (κ1) is 16.4. The van der Waals surface area contributed by atoms with Crippen LogP contribution in [0.25, 0.3) is 11.8 Å². The molecule has 3 heteroatoms. The highest BCUT2D eigenvalue weighted by atomic mass is 35.5. The number of rotatable bonds is 3. The summed E-state index contributed by atoms with van der Waals surface area (Å²) in [6, 6.07) is 27.1. The molecular formula is C23H16ClNO. The Morgan fingerprint density at radius 2 is 1.38 bits per heavy atom. The van der Waals surface area contributed by atoms with Gasteiger partial charge in [0.2, 0.25) is 0 Å². The highest BCUT2D eigenvalue weighted by Crippen LogP contribution is 2.35. The van der Waals surface area contributed by atoms with Crippen LogP contribution in [0.3, 0.4) is 0 Å². The van der Waals surface area contributed by atoms with Crippen LogP contribution in [0.1, 0.15) is 11.1 Å². The number of para-hydroxylation sites is 1. The summed E-state index contributed by atoms with van der Waals surface area (Å²) in [5, 5.41) is 0.677. The number of carbonyl (C=O) groups excluding carboxylic acids is 1. The summed E-state index contributed by atoms with van der Waals surface area (Å²) >= 11 is 5.96. The summed E-state index contributed by atoms with van der Waals surface area (Å²) in [5.74, 6) is -0.0370. The third kappa shape index (κ3) is 3.19. The Kier molecular flexibility index (Phi) is 4.42. The van der Waals surface area contributed by atoms with E-state index in [-0.39, 0.29) is 5.91 Å². The lowest BCUT2D eigenvalue weighted by molar-refractivity contribution is -0.113. The Bertz CT molecular complexity index is 989. The highest BCUT2D eigenvalue weighted by Gasteiger charge is 2.30. The molecule has 0 aliphatic carbocycles. The molecule has 1 heterocycles. The molecule has 1 aliphatic heterocycles. The Hall–Kier alpha value is -3.10. The number of amides is 1. The molecule has 0 spiro atoms. The third-order valence-corrected chi connectivity index (χ3v) is 4.51. The van der Waals surface area contributed by atoms with Crippen molar-refractivity contribution in [2.75, 3.05) is 4.90 Å². The van der Waals surface area contributed by atoms with Crippen molar-refractivity contribution in [3.8, 4) is 0 Å². The van der Waals surface area contributed by atoms with Crippen LogP contribution in [-0.4, -0.2) is 5.91 Å². The second-order valence-corrected chi connectivity index (χ2v) is 6.46. The van der Waals surface area contributed by atoms with Gasteiger partial charge in [-0.05, 0) is 47.5 Å². The summed E-state index contributed by atoms with van der Waals surface area (Å²) < 4.78 is 0. The van der Waals surface area contributed by atoms with E-state index in [9.17, 15) is 4.79 Å². The van der Waals surface area contributed by atoms with Gasteiger partial charge in [-0.2, -0.15) is 0 Å². The van der Waals surface area contributed by atoms with Gasteiger partial charge in [0.05, 0.1) is 5.70 Å². The molecule has 3 aromatic rings. The van der Waals surface area contributed by atoms with Crippen molar-refractivity contribution in [3.05, 3.63) is 113 Å². The zero-order valence-electron chi connectivity index (χ0n) is 14.0. The predicted molar refractivity (Wildman–Crippen MR) is 108 cm³/mol. The maximum atomic E-state index is 13.1. The molecule has 0 aromatic heterocycles. The minimum absolute atomic E-state index is 0.0370. The van der Waals surface area contributed by atoms with Crippen LogP contribution < -0.4 is 4.90 Å². The van der Waals surface area contributed by atoms with Gasteiger partial charge in [-0.3, -0.25) is 9.69 Å². The molecule has 2 nitrogen and oxygen atoms in total. The van der Waals surface area contributed by atoms with Crippen molar-refractivity contribution in [2.45, 2.75) is 0 Å². The molecule has 0 radical (unpaired) electrons. The minimum Gasteiger partial charge on any atom is -0.276 e. The van der Waals surface area contributed by atoms with E-state index in [1.807, 2.05) is 97.1 Å². The van der Waals surface area contributed by atoms with Gasteiger partial charge < -0.3 is 0 Å². The van der Waals surface area contributed by atoms with Gasteiger partial charge in [0, 0.05) is 16.3 Å². The van der Waals surface area contributed by atoms with Gasteiger partial charge in [-0.25, -0.2) is 0 Å². The minimum atomic E-state index is -0.0370. The van der Waals surface area contributed by atoms with Crippen LogP contribution in [0.2, 0.25) is 5.02 Å². The van der Waals surface area contributed by atoms with Crippen LogP contribution >= 0.6 is 11.6 Å². The number of benzene rings is 3. The van der Waals surface area contributed by atoms with Crippen LogP contribution in [0.15, 0.2) is 96.6 Å². The summed E-state index contributed by atoms with van der Waals surface area (Å²) in [7, 11) is 0. The Morgan fingerprint density at radius 3 is 2.04 bits per heavy atom. The molecule has 0 fully saturated rings. The van der Waals surface area contributed by atoms with E-state index < -0.39 is 0 Å². The normalized spacial score (nSPS) is 15.4. The average Bonchev–Trinajstić information content (AvgIpc) is 3.01. The largest absolute Gasteiger partial charge is 0.276 e. The van der Waals surface area contributed by atoms with E-state index in [1.54, 1.807) is 4.90 Å². The summed E-state index contributed by atoms with van der Waals surface area (Å²) in [4.78, 5) is 14.9. The quantitative estimate of drug-likeness (QED) is 0.541. The molecule has 0 N–H and O–H groups in total. The Balaban J connectivity index is 1.81. The summed E-state index contributed by atoms with van der Waals surface area (Å²) in [5.41, 5.74) is 4.32. The van der Waals surface area contributed by atoms with Crippen LogP contribution in [0, 0.1) is 0 Å². The fourth-order valence-corrected chi connectivity index (χ4v) is 3.13. The van der Waals surface area contributed by atoms with E-state index in [0.29, 0.717) is 10.6 Å². The standard InChI is InChI=1S/C23H16ClNO/c24-20-13-11-17(12-14-20)15-19-16-22(18-7-3-1-4-8-18)25(23(19)26)21-9-5-2-6-10-21/h1-16H/b19-15+. The first-order chi connectivity index (χ1) is 12.7. The molecule has 0 atom stereocenters. The lowest BCUT2D eigenvalue weighted by Gasteiger charge is -2.20. The fourth-order valence-electron chi connectivity index (χ4n) is 3.01. The van der Waals surface area contributed by atoms with Crippen molar-refractivity contribution < 1.29 is 4.79 Å². The smallest absolute Gasteiger partial charge is 0.262 e. The molecule has 1 aliphatic rings. The topological polar surface area (TPSA) is 20.3 Å². The van der Waals surface area contributed by atoms with Gasteiger partial charge >= 0.3 is 0 Å². The first-order valence-corrected chi connectivity index (χ1v) is 8.74. The molecule has 0 bridgehead atoms. The lowest BCUT2D eigenvalue weighted by Crippen LogP contribution is -2.24. The summed E-state index contributed by atoms with van der Waals surface area (Å²) in [6.45, 7) is 0. The zero-order chi connectivity index (χ0) is 17.9. The van der Waals surface area contributed by atoms with E-state index in [4.69, 9.17) is 11.6 Å². The highest BCUT2D eigenvalue weighted by molar-refractivity contribution is 6.30. The van der Waals surface area contributed by atoms with Crippen LogP contribution in [-0.2, 0) is 4.79 Å². The molecule has 1 amide bonds. The molecule has 4 rings (SSSR count). The zero-order valence-corrected chi connectivity index (χ0v) is 14.7. The second kappa shape index (κ2) is 7.03. The Labute approximate surface area is 157 Å². The van der Waals surface area contributed by atoms with Crippen molar-refractivity contribution in [3.63, 3.8) is 0 Å². The van der Waals surface area contributed by atoms with E-state index in [0.717, 1.165) is 22.5 Å². The predicted octanol–water partition coefficient (Wildman–Crippen LogP) is 5.81. The van der Waals surface area contributed by atoms with Crippen LogP contribution in [0.4, 0.5) is 5.69 Å². The monoisotopic (exact) mass is 357 g/mol. The Morgan fingerprint density at radius 1 is 0.769 bits per heavy atom. The van der Waals surface area contributed by atoms with Crippen molar-refractivity contribution >= 4 is 35.0 Å². The van der Waals surface area contributed by atoms with Gasteiger partial charge in [0.25, 0.3) is 5.91 Å². The van der Waals surface area contributed by atoms with E-state index in [1.165, 1.54) is 0 Å².